The average Bonchev–Trinajstić information content (AvgIpc) is 2.52. The first kappa shape index (κ1) is 15.3. The Labute approximate surface area is 126 Å². The van der Waals surface area contributed by atoms with Gasteiger partial charge in [0.1, 0.15) is 0 Å². The lowest BCUT2D eigenvalue weighted by Gasteiger charge is -2.30. The van der Waals surface area contributed by atoms with Gasteiger partial charge in [-0.25, -0.2) is 0 Å². The Morgan fingerprint density at radius 2 is 2.00 bits per heavy atom. The molecular weight excluding hydrogens is 264 g/mol. The van der Waals surface area contributed by atoms with Crippen LogP contribution < -0.4 is 5.32 Å². The fraction of sp³-hybridized carbons (Fsp3) is 0.471. The second-order valence-corrected chi connectivity index (χ2v) is 6.49. The fourth-order valence-electron chi connectivity index (χ4n) is 2.63. The predicted octanol–water partition coefficient (Wildman–Crippen LogP) is 4.25. The van der Waals surface area contributed by atoms with Gasteiger partial charge in [0.15, 0.2) is 0 Å². The summed E-state index contributed by atoms with van der Waals surface area (Å²) in [6, 6.07) is 8.54. The number of rotatable bonds is 7. The Bertz CT molecular complexity index is 536. The minimum Gasteiger partial charge on any atom is -0.311 e. The van der Waals surface area contributed by atoms with Crippen LogP contribution in [0.5, 0.6) is 0 Å². The number of thioether (sulfide) groups is 1. The molecule has 0 atom stereocenters. The summed E-state index contributed by atoms with van der Waals surface area (Å²) in [4.78, 5) is 4.19. The summed E-state index contributed by atoms with van der Waals surface area (Å²) < 4.78 is 0.367. The van der Waals surface area contributed by atoms with Crippen molar-refractivity contribution in [2.24, 2.45) is 0 Å². The first-order chi connectivity index (χ1) is 9.74. The Hall–Kier alpha value is -1.06. The summed E-state index contributed by atoms with van der Waals surface area (Å²) in [6.07, 6.45) is 8.44. The van der Waals surface area contributed by atoms with E-state index in [4.69, 9.17) is 0 Å². The van der Waals surface area contributed by atoms with E-state index in [9.17, 15) is 0 Å². The van der Waals surface area contributed by atoms with Gasteiger partial charge >= 0.3 is 0 Å². The Morgan fingerprint density at radius 1 is 1.20 bits per heavy atom. The lowest BCUT2D eigenvalue weighted by Crippen LogP contribution is -2.36. The van der Waals surface area contributed by atoms with Crippen molar-refractivity contribution < 1.29 is 0 Å². The van der Waals surface area contributed by atoms with Crippen LogP contribution in [-0.2, 0) is 6.54 Å². The lowest BCUT2D eigenvalue weighted by molar-refractivity contribution is 0.495. The molecule has 0 aliphatic heterocycles. The van der Waals surface area contributed by atoms with E-state index >= 15 is 0 Å². The van der Waals surface area contributed by atoms with Crippen molar-refractivity contribution in [3.8, 4) is 0 Å². The molecule has 0 saturated carbocycles. The molecule has 0 aliphatic rings. The van der Waals surface area contributed by atoms with Crippen molar-refractivity contribution in [2.45, 2.75) is 38.0 Å². The quantitative estimate of drug-likeness (QED) is 0.824. The Kier molecular flexibility index (Phi) is 5.44. The van der Waals surface area contributed by atoms with Crippen LogP contribution in [0.2, 0.25) is 0 Å². The molecule has 0 spiro atoms. The standard InChI is InChI=1S/C17H24N2S/c1-4-17(5-2,20-3)13-19-12-15-8-6-7-14-11-18-10-9-16(14)15/h6-11,19H,4-5,12-13H2,1-3H3. The molecule has 0 fully saturated rings. The second kappa shape index (κ2) is 7.09. The van der Waals surface area contributed by atoms with Crippen LogP contribution >= 0.6 is 11.8 Å². The van der Waals surface area contributed by atoms with Gasteiger partial charge in [-0.15, -0.1) is 0 Å². The van der Waals surface area contributed by atoms with Gasteiger partial charge in [0.05, 0.1) is 0 Å². The predicted molar refractivity (Wildman–Crippen MR) is 90.3 cm³/mol. The molecule has 1 heterocycles. The maximum Gasteiger partial charge on any atom is 0.0346 e. The van der Waals surface area contributed by atoms with E-state index in [-0.39, 0.29) is 0 Å². The van der Waals surface area contributed by atoms with Crippen LogP contribution in [0.1, 0.15) is 32.3 Å². The highest BCUT2D eigenvalue weighted by Gasteiger charge is 2.23. The molecule has 1 aromatic carbocycles. The largest absolute Gasteiger partial charge is 0.311 e. The van der Waals surface area contributed by atoms with E-state index in [0.717, 1.165) is 13.1 Å². The van der Waals surface area contributed by atoms with E-state index in [1.54, 1.807) is 0 Å². The van der Waals surface area contributed by atoms with E-state index in [2.05, 4.69) is 54.7 Å². The SMILES string of the molecule is CCC(CC)(CNCc1cccc2cnccc12)SC. The normalized spacial score (nSPS) is 11.9. The number of pyridine rings is 1. The first-order valence-electron chi connectivity index (χ1n) is 7.32. The molecule has 1 N–H and O–H groups in total. The third-order valence-electron chi connectivity index (χ3n) is 4.26. The van der Waals surface area contributed by atoms with Crippen LogP contribution in [-0.4, -0.2) is 22.5 Å². The van der Waals surface area contributed by atoms with Gasteiger partial charge < -0.3 is 5.32 Å². The molecule has 20 heavy (non-hydrogen) atoms. The molecule has 0 saturated heterocycles. The smallest absolute Gasteiger partial charge is 0.0346 e. The van der Waals surface area contributed by atoms with Gasteiger partial charge in [-0.05, 0) is 36.1 Å². The highest BCUT2D eigenvalue weighted by atomic mass is 32.2. The van der Waals surface area contributed by atoms with Gasteiger partial charge in [0.25, 0.3) is 0 Å². The average molecular weight is 288 g/mol. The minimum atomic E-state index is 0.367. The van der Waals surface area contributed by atoms with Crippen molar-refractivity contribution in [1.29, 1.82) is 0 Å². The Balaban J connectivity index is 2.06. The third kappa shape index (κ3) is 3.33. The number of hydrogen-bond donors (Lipinski definition) is 1. The molecule has 0 amide bonds. The summed E-state index contributed by atoms with van der Waals surface area (Å²) in [5.41, 5.74) is 1.35. The summed E-state index contributed by atoms with van der Waals surface area (Å²) in [5, 5.41) is 6.17. The van der Waals surface area contributed by atoms with E-state index in [1.165, 1.54) is 29.2 Å². The van der Waals surface area contributed by atoms with Crippen molar-refractivity contribution in [3.05, 3.63) is 42.2 Å². The zero-order valence-electron chi connectivity index (χ0n) is 12.6. The molecule has 0 bridgehead atoms. The van der Waals surface area contributed by atoms with E-state index in [0.29, 0.717) is 4.75 Å². The maximum atomic E-state index is 4.19. The molecule has 1 aromatic heterocycles. The van der Waals surface area contributed by atoms with Crippen molar-refractivity contribution >= 4 is 22.5 Å². The maximum absolute atomic E-state index is 4.19. The summed E-state index contributed by atoms with van der Waals surface area (Å²) in [6.45, 7) is 6.54. The number of benzene rings is 1. The van der Waals surface area contributed by atoms with Gasteiger partial charge in [0, 0.05) is 35.6 Å². The lowest BCUT2D eigenvalue weighted by atomic mass is 10.0. The molecule has 3 heteroatoms. The minimum absolute atomic E-state index is 0.367. The highest BCUT2D eigenvalue weighted by molar-refractivity contribution is 8.00. The third-order valence-corrected chi connectivity index (χ3v) is 5.84. The molecule has 2 aromatic rings. The molecule has 108 valence electrons. The number of aromatic nitrogens is 1. The molecule has 0 radical (unpaired) electrons. The Morgan fingerprint density at radius 3 is 2.70 bits per heavy atom. The van der Waals surface area contributed by atoms with Gasteiger partial charge in [-0.2, -0.15) is 11.8 Å². The molecule has 0 aliphatic carbocycles. The van der Waals surface area contributed by atoms with Crippen LogP contribution in [0, 0.1) is 0 Å². The van der Waals surface area contributed by atoms with Crippen molar-refractivity contribution in [3.63, 3.8) is 0 Å². The summed E-state index contributed by atoms with van der Waals surface area (Å²) in [5.74, 6) is 0. The second-order valence-electron chi connectivity index (χ2n) is 5.21. The molecule has 2 rings (SSSR count). The number of fused-ring (bicyclic) bond motifs is 1. The number of nitrogens with zero attached hydrogens (tertiary/aromatic N) is 1. The zero-order chi connectivity index (χ0) is 14.4. The molecule has 2 nitrogen and oxygen atoms in total. The summed E-state index contributed by atoms with van der Waals surface area (Å²) >= 11 is 1.98. The van der Waals surface area contributed by atoms with E-state index in [1.807, 2.05) is 24.2 Å². The monoisotopic (exact) mass is 288 g/mol. The van der Waals surface area contributed by atoms with Crippen molar-refractivity contribution in [1.82, 2.24) is 10.3 Å². The van der Waals surface area contributed by atoms with Crippen LogP contribution in [0.4, 0.5) is 0 Å². The van der Waals surface area contributed by atoms with Crippen LogP contribution in [0.15, 0.2) is 36.7 Å². The van der Waals surface area contributed by atoms with Crippen LogP contribution in [0.25, 0.3) is 10.8 Å². The molecular formula is C17H24N2S. The van der Waals surface area contributed by atoms with E-state index < -0.39 is 0 Å². The fourth-order valence-corrected chi connectivity index (χ4v) is 3.45. The van der Waals surface area contributed by atoms with Gasteiger partial charge in [0.2, 0.25) is 0 Å². The van der Waals surface area contributed by atoms with Crippen LogP contribution in [0.3, 0.4) is 0 Å². The first-order valence-corrected chi connectivity index (χ1v) is 8.54. The topological polar surface area (TPSA) is 24.9 Å². The van der Waals surface area contributed by atoms with Crippen molar-refractivity contribution in [2.75, 3.05) is 12.8 Å². The number of nitrogens with one attached hydrogen (secondary N) is 1. The summed E-state index contributed by atoms with van der Waals surface area (Å²) in [7, 11) is 0. The number of hydrogen-bond acceptors (Lipinski definition) is 3. The zero-order valence-corrected chi connectivity index (χ0v) is 13.5. The highest BCUT2D eigenvalue weighted by Crippen LogP contribution is 2.29. The molecule has 0 unspecified atom stereocenters. The van der Waals surface area contributed by atoms with Gasteiger partial charge in [-0.1, -0.05) is 32.0 Å². The van der Waals surface area contributed by atoms with Gasteiger partial charge in [-0.3, -0.25) is 4.98 Å².